The van der Waals surface area contributed by atoms with Crippen LogP contribution in [0.25, 0.3) is 16.5 Å². The highest BCUT2D eigenvalue weighted by Crippen LogP contribution is 2.40. The number of methoxy groups -OCH3 is 1. The molecule has 0 saturated carbocycles. The summed E-state index contributed by atoms with van der Waals surface area (Å²) in [6.07, 6.45) is 3.76. The van der Waals surface area contributed by atoms with Gasteiger partial charge in [-0.05, 0) is 50.6 Å². The van der Waals surface area contributed by atoms with Gasteiger partial charge in [-0.3, -0.25) is 4.79 Å². The molecule has 31 heavy (non-hydrogen) atoms. The fraction of sp³-hybridized carbons (Fsp3) is 0.250. The van der Waals surface area contributed by atoms with Crippen LogP contribution in [0, 0.1) is 0 Å². The summed E-state index contributed by atoms with van der Waals surface area (Å²) in [5.41, 5.74) is 6.96. The Kier molecular flexibility index (Phi) is 5.27. The molecule has 3 aromatic rings. The van der Waals surface area contributed by atoms with E-state index in [4.69, 9.17) is 20.8 Å². The van der Waals surface area contributed by atoms with Crippen molar-refractivity contribution in [2.24, 2.45) is 5.10 Å². The van der Waals surface area contributed by atoms with Gasteiger partial charge in [0, 0.05) is 29.2 Å². The first-order chi connectivity index (χ1) is 14.7. The molecular weight excluding hydrogens is 414 g/mol. The number of hydrogen-bond acceptors (Lipinski definition) is 5. The summed E-state index contributed by atoms with van der Waals surface area (Å²) in [5.74, 6) is 0.259. The molecule has 6 nitrogen and oxygen atoms in total. The van der Waals surface area contributed by atoms with Crippen LogP contribution in [0.15, 0.2) is 52.0 Å². The maximum absolute atomic E-state index is 12.5. The molecule has 1 aliphatic heterocycles. The first kappa shape index (κ1) is 21.0. The first-order valence-corrected chi connectivity index (χ1v) is 10.3. The second-order valence-electron chi connectivity index (χ2n) is 8.12. The molecule has 160 valence electrons. The van der Waals surface area contributed by atoms with Gasteiger partial charge in [-0.15, -0.1) is 0 Å². The Morgan fingerprint density at radius 3 is 2.81 bits per heavy atom. The molecule has 0 bridgehead atoms. The van der Waals surface area contributed by atoms with Crippen LogP contribution in [0.1, 0.15) is 42.5 Å². The second kappa shape index (κ2) is 7.78. The largest absolute Gasteiger partial charge is 0.493 e. The minimum Gasteiger partial charge on any atom is -0.493 e. The highest BCUT2D eigenvalue weighted by Gasteiger charge is 2.29. The number of carbonyl (C=O) groups is 1. The van der Waals surface area contributed by atoms with Gasteiger partial charge in [0.15, 0.2) is 17.1 Å². The van der Waals surface area contributed by atoms with Crippen LogP contribution in [0.2, 0.25) is 5.02 Å². The predicted molar refractivity (Wildman–Crippen MR) is 125 cm³/mol. The topological polar surface area (TPSA) is 67.1 Å². The van der Waals surface area contributed by atoms with Crippen molar-refractivity contribution in [2.45, 2.75) is 26.3 Å². The number of carbonyl (C=O) groups excluding carboxylic acids is 1. The molecule has 0 saturated heterocycles. The molecule has 0 aliphatic carbocycles. The van der Waals surface area contributed by atoms with Crippen LogP contribution in [-0.4, -0.2) is 31.8 Å². The number of para-hydroxylation sites is 1. The van der Waals surface area contributed by atoms with Gasteiger partial charge in [0.05, 0.1) is 23.9 Å². The number of allylic oxidation sites excluding steroid dienone is 1. The number of benzene rings is 2. The van der Waals surface area contributed by atoms with Crippen molar-refractivity contribution >= 4 is 46.0 Å². The van der Waals surface area contributed by atoms with Crippen LogP contribution in [0.3, 0.4) is 0 Å². The van der Waals surface area contributed by atoms with Gasteiger partial charge >= 0.3 is 5.91 Å². The van der Waals surface area contributed by atoms with E-state index in [-0.39, 0.29) is 11.3 Å². The monoisotopic (exact) mass is 437 g/mol. The molecule has 0 radical (unpaired) electrons. The van der Waals surface area contributed by atoms with E-state index in [1.165, 1.54) is 11.8 Å². The molecule has 1 aromatic heterocycles. The zero-order valence-corrected chi connectivity index (χ0v) is 18.9. The van der Waals surface area contributed by atoms with Crippen molar-refractivity contribution in [3.63, 3.8) is 0 Å². The Morgan fingerprint density at radius 2 is 2.06 bits per heavy atom. The van der Waals surface area contributed by atoms with E-state index in [0.29, 0.717) is 21.9 Å². The third kappa shape index (κ3) is 3.79. The summed E-state index contributed by atoms with van der Waals surface area (Å²) in [7, 11) is 3.60. The average Bonchev–Trinajstić information content (AvgIpc) is 3.17. The quantitative estimate of drug-likeness (QED) is 0.433. The van der Waals surface area contributed by atoms with Gasteiger partial charge in [-0.25, -0.2) is 5.43 Å². The van der Waals surface area contributed by atoms with Crippen LogP contribution >= 0.6 is 11.6 Å². The van der Waals surface area contributed by atoms with E-state index in [1.807, 2.05) is 24.3 Å². The number of likely N-dealkylation sites (N-methyl/N-ethyl adjacent to an activating group) is 1. The van der Waals surface area contributed by atoms with Gasteiger partial charge in [0.2, 0.25) is 0 Å². The van der Waals surface area contributed by atoms with Crippen LogP contribution in [0.5, 0.6) is 5.75 Å². The Morgan fingerprint density at radius 1 is 1.29 bits per heavy atom. The van der Waals surface area contributed by atoms with Gasteiger partial charge in [-0.1, -0.05) is 29.8 Å². The van der Waals surface area contributed by atoms with Gasteiger partial charge in [0.1, 0.15) is 0 Å². The van der Waals surface area contributed by atoms with Crippen molar-refractivity contribution in [1.29, 1.82) is 0 Å². The van der Waals surface area contributed by atoms with Crippen molar-refractivity contribution in [2.75, 3.05) is 19.1 Å². The van der Waals surface area contributed by atoms with Crippen molar-refractivity contribution in [3.05, 3.63) is 64.4 Å². The van der Waals surface area contributed by atoms with Gasteiger partial charge < -0.3 is 14.1 Å². The normalized spacial score (nSPS) is 15.2. The summed E-state index contributed by atoms with van der Waals surface area (Å²) in [5, 5.41) is 5.42. The number of nitrogens with zero attached hydrogens (tertiary/aromatic N) is 2. The summed E-state index contributed by atoms with van der Waals surface area (Å²) in [4.78, 5) is 14.7. The maximum Gasteiger partial charge on any atom is 0.307 e. The summed E-state index contributed by atoms with van der Waals surface area (Å²) >= 11 is 6.50. The molecule has 2 aromatic carbocycles. The van der Waals surface area contributed by atoms with E-state index in [9.17, 15) is 4.79 Å². The molecule has 0 unspecified atom stereocenters. The van der Waals surface area contributed by atoms with Crippen LogP contribution in [0.4, 0.5) is 5.69 Å². The van der Waals surface area contributed by atoms with E-state index in [0.717, 1.165) is 16.6 Å². The highest BCUT2D eigenvalue weighted by molar-refractivity contribution is 6.33. The second-order valence-corrected chi connectivity index (χ2v) is 8.53. The summed E-state index contributed by atoms with van der Waals surface area (Å²) in [6, 6.07) is 11.0. The molecule has 1 amide bonds. The van der Waals surface area contributed by atoms with Crippen molar-refractivity contribution in [3.8, 4) is 5.75 Å². The number of hydrogen-bond donors (Lipinski definition) is 1. The number of nitrogens with one attached hydrogen (secondary N) is 1. The Labute approximate surface area is 186 Å². The lowest BCUT2D eigenvalue weighted by molar-refractivity contribution is 0.0929. The molecular formula is C24H24ClN3O3. The molecule has 0 fully saturated rings. The minimum absolute atomic E-state index is 0.0980. The Balaban J connectivity index is 1.56. The number of furan rings is 1. The lowest BCUT2D eigenvalue weighted by Crippen LogP contribution is -2.42. The zero-order valence-electron chi connectivity index (χ0n) is 18.1. The first-order valence-electron chi connectivity index (χ1n) is 9.88. The zero-order chi connectivity index (χ0) is 22.3. The molecule has 0 spiro atoms. The van der Waals surface area contributed by atoms with Gasteiger partial charge in [0.25, 0.3) is 0 Å². The van der Waals surface area contributed by atoms with Crippen LogP contribution in [-0.2, 0) is 0 Å². The maximum atomic E-state index is 12.5. The number of fused-ring (bicyclic) bond motifs is 2. The number of halogens is 1. The third-order valence-electron chi connectivity index (χ3n) is 5.66. The SMILES string of the molecule is COc1cccc2cc(C(=O)N/N=C/c3cc4c(cc3Cl)N(C)C(C)(C)C=C4C)oc12. The average molecular weight is 438 g/mol. The Bertz CT molecular complexity index is 1240. The summed E-state index contributed by atoms with van der Waals surface area (Å²) in [6.45, 7) is 6.40. The lowest BCUT2D eigenvalue weighted by Gasteiger charge is -2.40. The van der Waals surface area contributed by atoms with Crippen molar-refractivity contribution < 1.29 is 13.9 Å². The van der Waals surface area contributed by atoms with Gasteiger partial charge in [-0.2, -0.15) is 5.10 Å². The smallest absolute Gasteiger partial charge is 0.307 e. The number of hydrazone groups is 1. The number of rotatable bonds is 4. The molecule has 2 heterocycles. The minimum atomic E-state index is -0.457. The number of anilines is 1. The fourth-order valence-corrected chi connectivity index (χ4v) is 4.02. The molecule has 0 atom stereocenters. The fourth-order valence-electron chi connectivity index (χ4n) is 3.81. The molecule has 1 N–H and O–H groups in total. The highest BCUT2D eigenvalue weighted by atomic mass is 35.5. The van der Waals surface area contributed by atoms with E-state index < -0.39 is 5.91 Å². The molecule has 7 heteroatoms. The van der Waals surface area contributed by atoms with E-state index in [1.54, 1.807) is 19.2 Å². The predicted octanol–water partition coefficient (Wildman–Crippen LogP) is 5.49. The van der Waals surface area contributed by atoms with Crippen LogP contribution < -0.4 is 15.1 Å². The summed E-state index contributed by atoms with van der Waals surface area (Å²) < 4.78 is 10.9. The Hall–Kier alpha value is -3.25. The third-order valence-corrected chi connectivity index (χ3v) is 5.98. The number of ether oxygens (including phenoxy) is 1. The standard InChI is InChI=1S/C24H24ClN3O3/c1-14-12-24(2,3)28(4)19-11-18(25)16(9-17(14)19)13-26-27-23(29)21-10-15-7-6-8-20(30-5)22(15)31-21/h6-13H,1-5H3,(H,27,29)/b26-13+. The number of amides is 1. The van der Waals surface area contributed by atoms with E-state index >= 15 is 0 Å². The lowest BCUT2D eigenvalue weighted by atomic mass is 9.88. The molecule has 1 aliphatic rings. The van der Waals surface area contributed by atoms with E-state index in [2.05, 4.69) is 49.3 Å². The molecule has 4 rings (SSSR count). The van der Waals surface area contributed by atoms with Crippen molar-refractivity contribution in [1.82, 2.24) is 5.43 Å².